The van der Waals surface area contributed by atoms with Crippen LogP contribution in [0.1, 0.15) is 39.3 Å². The lowest BCUT2D eigenvalue weighted by Gasteiger charge is -2.28. The molecule has 1 fully saturated rings. The maximum atomic E-state index is 12.2. The minimum atomic E-state index is -0.480. The summed E-state index contributed by atoms with van der Waals surface area (Å²) in [5.41, 5.74) is 0.270. The summed E-state index contributed by atoms with van der Waals surface area (Å²) in [4.78, 5) is 22.2. The Morgan fingerprint density at radius 2 is 2.10 bits per heavy atom. The van der Waals surface area contributed by atoms with Crippen molar-refractivity contribution in [2.75, 3.05) is 13.2 Å². The van der Waals surface area contributed by atoms with Gasteiger partial charge in [0.1, 0.15) is 12.2 Å². The van der Waals surface area contributed by atoms with Crippen LogP contribution in [0.5, 0.6) is 5.88 Å². The molecule has 6 heteroatoms. The summed E-state index contributed by atoms with van der Waals surface area (Å²) < 4.78 is 11.1. The van der Waals surface area contributed by atoms with Gasteiger partial charge in [0.25, 0.3) is 0 Å². The van der Waals surface area contributed by atoms with Gasteiger partial charge in [0.15, 0.2) is 0 Å². The standard InChI is InChI=1S/C15H23N3O3/c1-11-13(17-8-7-16-11)20-10-12-6-5-9-18(12)14(19)21-15(2,3)4/h7-8,12H,5-6,9-10H2,1-4H3. The maximum absolute atomic E-state index is 12.2. The highest BCUT2D eigenvalue weighted by Crippen LogP contribution is 2.22. The first kappa shape index (κ1) is 15.5. The molecule has 1 atom stereocenters. The van der Waals surface area contributed by atoms with E-state index in [1.807, 2.05) is 27.7 Å². The highest BCUT2D eigenvalue weighted by molar-refractivity contribution is 5.69. The average Bonchev–Trinajstić information content (AvgIpc) is 2.84. The lowest BCUT2D eigenvalue weighted by molar-refractivity contribution is 0.0185. The van der Waals surface area contributed by atoms with E-state index >= 15 is 0 Å². The summed E-state index contributed by atoms with van der Waals surface area (Å²) in [6.07, 6.45) is 4.84. The van der Waals surface area contributed by atoms with E-state index in [9.17, 15) is 4.79 Å². The van der Waals surface area contributed by atoms with Crippen molar-refractivity contribution in [2.45, 2.75) is 52.2 Å². The van der Waals surface area contributed by atoms with Gasteiger partial charge in [0, 0.05) is 18.9 Å². The van der Waals surface area contributed by atoms with E-state index in [1.165, 1.54) is 0 Å². The Hall–Kier alpha value is -1.85. The fourth-order valence-electron chi connectivity index (χ4n) is 2.28. The van der Waals surface area contributed by atoms with Crippen molar-refractivity contribution in [3.8, 4) is 5.88 Å². The average molecular weight is 293 g/mol. The fraction of sp³-hybridized carbons (Fsp3) is 0.667. The zero-order chi connectivity index (χ0) is 15.5. The van der Waals surface area contributed by atoms with Crippen LogP contribution in [-0.2, 0) is 4.74 Å². The summed E-state index contributed by atoms with van der Waals surface area (Å²) in [5, 5.41) is 0. The van der Waals surface area contributed by atoms with Gasteiger partial charge in [0.2, 0.25) is 5.88 Å². The van der Waals surface area contributed by atoms with Crippen LogP contribution in [0.3, 0.4) is 0 Å². The number of amides is 1. The van der Waals surface area contributed by atoms with E-state index in [0.717, 1.165) is 18.5 Å². The third kappa shape index (κ3) is 4.31. The van der Waals surface area contributed by atoms with Gasteiger partial charge in [-0.25, -0.2) is 9.78 Å². The summed E-state index contributed by atoms with van der Waals surface area (Å²) in [7, 11) is 0. The summed E-state index contributed by atoms with van der Waals surface area (Å²) in [6, 6.07) is 0.0289. The number of rotatable bonds is 3. The highest BCUT2D eigenvalue weighted by Gasteiger charge is 2.32. The third-order valence-electron chi connectivity index (χ3n) is 3.25. The quantitative estimate of drug-likeness (QED) is 0.857. The van der Waals surface area contributed by atoms with E-state index in [2.05, 4.69) is 9.97 Å². The number of hydrogen-bond acceptors (Lipinski definition) is 5. The van der Waals surface area contributed by atoms with Gasteiger partial charge in [0.05, 0.1) is 11.7 Å². The van der Waals surface area contributed by atoms with Gasteiger partial charge in [-0.2, -0.15) is 0 Å². The lowest BCUT2D eigenvalue weighted by Crippen LogP contribution is -2.42. The number of carbonyl (C=O) groups is 1. The first-order chi connectivity index (χ1) is 9.87. The summed E-state index contributed by atoms with van der Waals surface area (Å²) >= 11 is 0. The molecule has 21 heavy (non-hydrogen) atoms. The third-order valence-corrected chi connectivity index (χ3v) is 3.25. The van der Waals surface area contributed by atoms with Crippen molar-refractivity contribution in [1.82, 2.24) is 14.9 Å². The van der Waals surface area contributed by atoms with Gasteiger partial charge >= 0.3 is 6.09 Å². The Morgan fingerprint density at radius 1 is 1.38 bits per heavy atom. The Kier molecular flexibility index (Phi) is 4.65. The molecule has 0 bridgehead atoms. The number of hydrogen-bond donors (Lipinski definition) is 0. The van der Waals surface area contributed by atoms with Gasteiger partial charge in [-0.15, -0.1) is 0 Å². The Balaban J connectivity index is 1.93. The molecule has 0 radical (unpaired) electrons. The van der Waals surface area contributed by atoms with Gasteiger partial charge in [-0.05, 0) is 40.5 Å². The second kappa shape index (κ2) is 6.28. The molecule has 1 unspecified atom stereocenters. The van der Waals surface area contributed by atoms with E-state index in [0.29, 0.717) is 19.0 Å². The van der Waals surface area contributed by atoms with Crippen molar-refractivity contribution in [3.05, 3.63) is 18.1 Å². The van der Waals surface area contributed by atoms with Gasteiger partial charge in [-0.1, -0.05) is 0 Å². The number of nitrogens with zero attached hydrogens (tertiary/aromatic N) is 3. The predicted octanol–water partition coefficient (Wildman–Crippen LogP) is 2.56. The van der Waals surface area contributed by atoms with Crippen LogP contribution in [0.15, 0.2) is 12.4 Å². The SMILES string of the molecule is Cc1nccnc1OCC1CCCN1C(=O)OC(C)(C)C. The largest absolute Gasteiger partial charge is 0.474 e. The topological polar surface area (TPSA) is 64.6 Å². The maximum Gasteiger partial charge on any atom is 0.410 e. The molecular weight excluding hydrogens is 270 g/mol. The van der Waals surface area contributed by atoms with Crippen molar-refractivity contribution >= 4 is 6.09 Å². The van der Waals surface area contributed by atoms with Crippen LogP contribution >= 0.6 is 0 Å². The van der Waals surface area contributed by atoms with E-state index in [-0.39, 0.29) is 12.1 Å². The van der Waals surface area contributed by atoms with Crippen LogP contribution in [0, 0.1) is 6.92 Å². The molecule has 2 heterocycles. The fourth-order valence-corrected chi connectivity index (χ4v) is 2.28. The van der Waals surface area contributed by atoms with Gasteiger partial charge < -0.3 is 14.4 Å². The van der Waals surface area contributed by atoms with Crippen LogP contribution in [0.25, 0.3) is 0 Å². The Morgan fingerprint density at radius 3 is 2.76 bits per heavy atom. The van der Waals surface area contributed by atoms with Crippen molar-refractivity contribution in [3.63, 3.8) is 0 Å². The second-order valence-corrected chi connectivity index (χ2v) is 6.23. The zero-order valence-corrected chi connectivity index (χ0v) is 13.1. The molecule has 1 saturated heterocycles. The van der Waals surface area contributed by atoms with Crippen molar-refractivity contribution in [2.24, 2.45) is 0 Å². The zero-order valence-electron chi connectivity index (χ0n) is 13.1. The first-order valence-corrected chi connectivity index (χ1v) is 7.27. The normalized spacial score (nSPS) is 18.7. The highest BCUT2D eigenvalue weighted by atomic mass is 16.6. The molecule has 0 aliphatic carbocycles. The summed E-state index contributed by atoms with van der Waals surface area (Å²) in [5.74, 6) is 0.522. The van der Waals surface area contributed by atoms with E-state index in [1.54, 1.807) is 17.3 Å². The molecule has 0 spiro atoms. The van der Waals surface area contributed by atoms with E-state index < -0.39 is 5.60 Å². The lowest BCUT2D eigenvalue weighted by atomic mass is 10.2. The molecule has 6 nitrogen and oxygen atoms in total. The van der Waals surface area contributed by atoms with E-state index in [4.69, 9.17) is 9.47 Å². The monoisotopic (exact) mass is 293 g/mol. The van der Waals surface area contributed by atoms with Crippen molar-refractivity contribution < 1.29 is 14.3 Å². The number of likely N-dealkylation sites (tertiary alicyclic amines) is 1. The number of aryl methyl sites for hydroxylation is 1. The summed E-state index contributed by atoms with van der Waals surface area (Å²) in [6.45, 7) is 8.59. The Labute approximate surface area is 125 Å². The minimum absolute atomic E-state index is 0.0289. The van der Waals surface area contributed by atoms with Crippen LogP contribution in [0.4, 0.5) is 4.79 Å². The molecule has 0 saturated carbocycles. The smallest absolute Gasteiger partial charge is 0.410 e. The van der Waals surface area contributed by atoms with Gasteiger partial charge in [-0.3, -0.25) is 4.98 Å². The minimum Gasteiger partial charge on any atom is -0.474 e. The number of carbonyl (C=O) groups excluding carboxylic acids is 1. The number of aromatic nitrogens is 2. The molecule has 0 aromatic carbocycles. The van der Waals surface area contributed by atoms with Crippen LogP contribution < -0.4 is 4.74 Å². The molecule has 1 aliphatic heterocycles. The molecule has 1 aromatic heterocycles. The molecule has 1 aromatic rings. The molecule has 2 rings (SSSR count). The predicted molar refractivity (Wildman–Crippen MR) is 78.2 cm³/mol. The Bertz CT molecular complexity index is 499. The van der Waals surface area contributed by atoms with Crippen LogP contribution in [0.2, 0.25) is 0 Å². The molecule has 1 amide bonds. The molecule has 116 valence electrons. The number of ether oxygens (including phenoxy) is 2. The van der Waals surface area contributed by atoms with Crippen LogP contribution in [-0.4, -0.2) is 45.8 Å². The molecule has 1 aliphatic rings. The van der Waals surface area contributed by atoms with Crippen molar-refractivity contribution in [1.29, 1.82) is 0 Å². The first-order valence-electron chi connectivity index (χ1n) is 7.27. The molecular formula is C15H23N3O3. The second-order valence-electron chi connectivity index (χ2n) is 6.23. The molecule has 0 N–H and O–H groups in total.